The number of nitriles is 1. The Kier molecular flexibility index (Phi) is 5.95. The molecule has 6 nitrogen and oxygen atoms in total. The van der Waals surface area contributed by atoms with Crippen LogP contribution in [0.3, 0.4) is 0 Å². The number of aromatic nitrogens is 4. The fourth-order valence-electron chi connectivity index (χ4n) is 2.42. The summed E-state index contributed by atoms with van der Waals surface area (Å²) in [6.45, 7) is 5.29. The molecule has 0 aromatic carbocycles. The van der Waals surface area contributed by atoms with E-state index < -0.39 is 11.1 Å². The second-order valence-corrected chi connectivity index (χ2v) is 8.73. The topological polar surface area (TPSA) is 76.1 Å². The number of fused-ring (bicyclic) bond motifs is 1. The molecule has 0 atom stereocenters. The van der Waals surface area contributed by atoms with Crippen molar-refractivity contribution >= 4 is 29.2 Å². The molecule has 0 spiro atoms. The molecule has 0 saturated heterocycles. The molecule has 3 aromatic heterocycles. The zero-order valence-corrected chi connectivity index (χ0v) is 17.3. The molecular formula is C18H16F3N5OS2. The van der Waals surface area contributed by atoms with E-state index in [1.54, 1.807) is 30.5 Å². The van der Waals surface area contributed by atoms with E-state index in [1.807, 2.05) is 6.92 Å². The summed E-state index contributed by atoms with van der Waals surface area (Å²) in [7, 11) is 0. The molecule has 0 amide bonds. The van der Waals surface area contributed by atoms with Gasteiger partial charge in [-0.3, -0.25) is 4.40 Å². The van der Waals surface area contributed by atoms with Gasteiger partial charge in [0.05, 0.1) is 6.20 Å². The Hall–Kier alpha value is -2.45. The number of halogens is 3. The van der Waals surface area contributed by atoms with Crippen LogP contribution in [0, 0.1) is 11.3 Å². The zero-order valence-electron chi connectivity index (χ0n) is 15.7. The van der Waals surface area contributed by atoms with Gasteiger partial charge in [0.1, 0.15) is 40.2 Å². The first-order valence-electron chi connectivity index (χ1n) is 8.44. The Morgan fingerprint density at radius 1 is 1.24 bits per heavy atom. The summed E-state index contributed by atoms with van der Waals surface area (Å²) in [4.78, 5) is 13.4. The van der Waals surface area contributed by atoms with Gasteiger partial charge in [-0.15, -0.1) is 11.8 Å². The number of ether oxygens (including phenoxy) is 1. The van der Waals surface area contributed by atoms with E-state index in [0.717, 1.165) is 10.6 Å². The van der Waals surface area contributed by atoms with E-state index in [1.165, 1.54) is 30.4 Å². The van der Waals surface area contributed by atoms with Crippen LogP contribution in [0.15, 0.2) is 40.8 Å². The molecule has 0 N–H and O–H groups in total. The van der Waals surface area contributed by atoms with Crippen molar-refractivity contribution in [1.29, 1.82) is 5.26 Å². The summed E-state index contributed by atoms with van der Waals surface area (Å²) in [6.07, 6.45) is 4.45. The Morgan fingerprint density at radius 2 is 2.00 bits per heavy atom. The molecule has 29 heavy (non-hydrogen) atoms. The highest BCUT2D eigenvalue weighted by Crippen LogP contribution is 2.37. The first-order valence-corrected chi connectivity index (χ1v) is 10.2. The van der Waals surface area contributed by atoms with Gasteiger partial charge in [-0.05, 0) is 25.7 Å². The first-order chi connectivity index (χ1) is 13.6. The largest absolute Gasteiger partial charge is 0.471 e. The zero-order chi connectivity index (χ0) is 21.2. The van der Waals surface area contributed by atoms with Gasteiger partial charge in [-0.25, -0.2) is 15.0 Å². The van der Waals surface area contributed by atoms with Gasteiger partial charge in [0, 0.05) is 28.9 Å². The van der Waals surface area contributed by atoms with E-state index in [-0.39, 0.29) is 16.8 Å². The Labute approximate surface area is 173 Å². The first kappa shape index (κ1) is 21.3. The van der Waals surface area contributed by atoms with Crippen LogP contribution in [-0.2, 0) is 0 Å². The van der Waals surface area contributed by atoms with Crippen LogP contribution in [0.1, 0.15) is 20.8 Å². The molecule has 0 unspecified atom stereocenters. The lowest BCUT2D eigenvalue weighted by molar-refractivity contribution is -0.0329. The fraction of sp³-hybridized carbons (Fsp3) is 0.333. The normalized spacial score (nSPS) is 12.2. The number of alkyl halides is 3. The van der Waals surface area contributed by atoms with E-state index in [9.17, 15) is 13.2 Å². The van der Waals surface area contributed by atoms with Crippen LogP contribution < -0.4 is 4.74 Å². The average Bonchev–Trinajstić information content (AvgIpc) is 3.03. The smallest absolute Gasteiger partial charge is 0.447 e. The number of hydrogen-bond donors (Lipinski definition) is 0. The molecule has 0 aliphatic heterocycles. The summed E-state index contributed by atoms with van der Waals surface area (Å²) in [5.41, 5.74) is -4.00. The standard InChI is InChI=1S/C18H16F3N5OS2/c1-4-28-13-5-11(27-17(2,3)9-22)7-23-16(13)12-8-26-10-24-15(6-14(26)25-12)29-18(19,20)21/h5-8,10H,4H2,1-3H3. The number of thioether (sulfide) groups is 2. The molecule has 152 valence electrons. The highest BCUT2D eigenvalue weighted by molar-refractivity contribution is 8.00. The second kappa shape index (κ2) is 8.12. The van der Waals surface area contributed by atoms with Crippen molar-refractivity contribution in [2.45, 2.75) is 41.8 Å². The van der Waals surface area contributed by atoms with Gasteiger partial charge in [0.25, 0.3) is 0 Å². The van der Waals surface area contributed by atoms with Gasteiger partial charge in [-0.2, -0.15) is 18.4 Å². The molecule has 0 aliphatic carbocycles. The molecule has 3 aromatic rings. The van der Waals surface area contributed by atoms with Crippen molar-refractivity contribution in [3.8, 4) is 23.2 Å². The van der Waals surface area contributed by atoms with Crippen molar-refractivity contribution < 1.29 is 17.9 Å². The minimum absolute atomic E-state index is 0.180. The van der Waals surface area contributed by atoms with Crippen LogP contribution >= 0.6 is 23.5 Å². The van der Waals surface area contributed by atoms with E-state index in [4.69, 9.17) is 10.00 Å². The second-order valence-electron chi connectivity index (χ2n) is 6.34. The van der Waals surface area contributed by atoms with Gasteiger partial charge in [0.2, 0.25) is 0 Å². The van der Waals surface area contributed by atoms with Gasteiger partial charge in [-0.1, -0.05) is 6.92 Å². The van der Waals surface area contributed by atoms with Gasteiger partial charge in [0.15, 0.2) is 5.60 Å². The molecule has 3 heterocycles. The van der Waals surface area contributed by atoms with Crippen LogP contribution in [0.25, 0.3) is 17.0 Å². The highest BCUT2D eigenvalue weighted by atomic mass is 32.2. The number of hydrogen-bond acceptors (Lipinski definition) is 7. The van der Waals surface area contributed by atoms with Crippen LogP contribution in [0.4, 0.5) is 13.2 Å². The fourth-order valence-corrected chi connectivity index (χ4v) is 3.73. The van der Waals surface area contributed by atoms with Crippen molar-refractivity contribution in [3.63, 3.8) is 0 Å². The third-order valence-electron chi connectivity index (χ3n) is 3.56. The third-order valence-corrected chi connectivity index (χ3v) is 5.13. The molecule has 0 saturated carbocycles. The van der Waals surface area contributed by atoms with E-state index >= 15 is 0 Å². The SMILES string of the molecule is CCSc1cc(OC(C)(C)C#N)cnc1-c1cn2cnc(SC(F)(F)F)cc2n1. The van der Waals surface area contributed by atoms with Crippen molar-refractivity contribution in [1.82, 2.24) is 19.4 Å². The summed E-state index contributed by atoms with van der Waals surface area (Å²) < 4.78 is 45.0. The summed E-state index contributed by atoms with van der Waals surface area (Å²) >= 11 is 1.24. The highest BCUT2D eigenvalue weighted by Gasteiger charge is 2.30. The van der Waals surface area contributed by atoms with Crippen LogP contribution in [-0.4, -0.2) is 36.2 Å². The number of rotatable bonds is 6. The minimum atomic E-state index is -4.42. The summed E-state index contributed by atoms with van der Waals surface area (Å²) in [5.74, 6) is 1.21. The van der Waals surface area contributed by atoms with Crippen molar-refractivity contribution in [3.05, 3.63) is 30.9 Å². The Bertz CT molecular complexity index is 1080. The molecular weight excluding hydrogens is 423 g/mol. The van der Waals surface area contributed by atoms with Crippen molar-refractivity contribution in [2.24, 2.45) is 0 Å². The average molecular weight is 439 g/mol. The molecule has 11 heteroatoms. The quantitative estimate of drug-likeness (QED) is 0.386. The van der Waals surface area contributed by atoms with Gasteiger partial charge < -0.3 is 4.74 Å². The minimum Gasteiger partial charge on any atom is -0.471 e. The Morgan fingerprint density at radius 3 is 2.66 bits per heavy atom. The van der Waals surface area contributed by atoms with Crippen molar-refractivity contribution in [2.75, 3.05) is 5.75 Å². The molecule has 0 radical (unpaired) electrons. The lowest BCUT2D eigenvalue weighted by Crippen LogP contribution is -2.25. The van der Waals surface area contributed by atoms with Gasteiger partial charge >= 0.3 is 5.51 Å². The maximum absolute atomic E-state index is 12.6. The maximum atomic E-state index is 12.6. The predicted octanol–water partition coefficient (Wildman–Crippen LogP) is 5.20. The number of pyridine rings is 1. The maximum Gasteiger partial charge on any atom is 0.447 e. The summed E-state index contributed by atoms with van der Waals surface area (Å²) in [6, 6.07) is 5.12. The lowest BCUT2D eigenvalue weighted by atomic mass is 10.2. The van der Waals surface area contributed by atoms with Crippen LogP contribution in [0.2, 0.25) is 0 Å². The number of nitrogens with zero attached hydrogens (tertiary/aromatic N) is 5. The Balaban J connectivity index is 1.98. The van der Waals surface area contributed by atoms with E-state index in [0.29, 0.717) is 22.8 Å². The molecule has 0 bridgehead atoms. The molecule has 0 aliphatic rings. The third kappa shape index (κ3) is 5.33. The number of imidazole rings is 1. The summed E-state index contributed by atoms with van der Waals surface area (Å²) in [5, 5.41) is 8.96. The predicted molar refractivity (Wildman–Crippen MR) is 105 cm³/mol. The van der Waals surface area contributed by atoms with Crippen LogP contribution in [0.5, 0.6) is 5.75 Å². The molecule has 3 rings (SSSR count). The lowest BCUT2D eigenvalue weighted by Gasteiger charge is -2.18. The van der Waals surface area contributed by atoms with E-state index in [2.05, 4.69) is 21.0 Å². The monoisotopic (exact) mass is 439 g/mol. The molecule has 0 fully saturated rings.